The van der Waals surface area contributed by atoms with Gasteiger partial charge in [-0.15, -0.1) is 0 Å². The summed E-state index contributed by atoms with van der Waals surface area (Å²) in [6.45, 7) is 6.08. The summed E-state index contributed by atoms with van der Waals surface area (Å²) in [5.41, 5.74) is 5.67. The van der Waals surface area contributed by atoms with E-state index in [0.717, 1.165) is 28.4 Å². The van der Waals surface area contributed by atoms with E-state index in [1.807, 2.05) is 19.9 Å². The van der Waals surface area contributed by atoms with Gasteiger partial charge in [-0.25, -0.2) is 0 Å². The molecule has 17 heavy (non-hydrogen) atoms. The van der Waals surface area contributed by atoms with E-state index in [2.05, 4.69) is 36.2 Å². The molecule has 2 heteroatoms. The van der Waals surface area contributed by atoms with Gasteiger partial charge in [0.15, 0.2) is 0 Å². The maximum atomic E-state index is 6.28. The number of halogens is 1. The summed E-state index contributed by atoms with van der Waals surface area (Å²) >= 11 is 6.28. The van der Waals surface area contributed by atoms with Crippen molar-refractivity contribution in [2.45, 2.75) is 27.2 Å². The first-order valence-corrected chi connectivity index (χ1v) is 6.12. The number of aromatic nitrogens is 1. The second-order valence-electron chi connectivity index (χ2n) is 4.47. The summed E-state index contributed by atoms with van der Waals surface area (Å²) < 4.78 is 0. The third kappa shape index (κ3) is 2.86. The number of nitrogens with zero attached hydrogens (tertiary/aromatic N) is 1. The fourth-order valence-electron chi connectivity index (χ4n) is 1.93. The second-order valence-corrected chi connectivity index (χ2v) is 4.88. The quantitative estimate of drug-likeness (QED) is 0.771. The molecule has 0 saturated heterocycles. The monoisotopic (exact) mass is 245 g/mol. The molecule has 1 aromatic heterocycles. The molecule has 2 aromatic rings. The van der Waals surface area contributed by atoms with Gasteiger partial charge >= 0.3 is 0 Å². The highest BCUT2D eigenvalue weighted by Gasteiger charge is 2.07. The first kappa shape index (κ1) is 12.1. The van der Waals surface area contributed by atoms with E-state index < -0.39 is 0 Å². The van der Waals surface area contributed by atoms with E-state index in [0.29, 0.717) is 0 Å². The van der Waals surface area contributed by atoms with Crippen molar-refractivity contribution in [1.29, 1.82) is 0 Å². The van der Waals surface area contributed by atoms with Crippen molar-refractivity contribution >= 4 is 11.6 Å². The van der Waals surface area contributed by atoms with Gasteiger partial charge in [-0.2, -0.15) is 0 Å². The molecular weight excluding hydrogens is 230 g/mol. The maximum Gasteiger partial charge on any atom is 0.0477 e. The van der Waals surface area contributed by atoms with Crippen LogP contribution in [0.1, 0.15) is 28.1 Å². The first-order chi connectivity index (χ1) is 8.06. The lowest BCUT2D eigenvalue weighted by molar-refractivity contribution is 1.04. The lowest BCUT2D eigenvalue weighted by Gasteiger charge is -2.09. The van der Waals surface area contributed by atoms with Crippen molar-refractivity contribution in [2.24, 2.45) is 0 Å². The summed E-state index contributed by atoms with van der Waals surface area (Å²) in [4.78, 5) is 4.46. The van der Waals surface area contributed by atoms with Gasteiger partial charge in [0, 0.05) is 22.8 Å². The number of pyridine rings is 1. The summed E-state index contributed by atoms with van der Waals surface area (Å²) in [6, 6.07) is 10.5. The topological polar surface area (TPSA) is 12.9 Å². The van der Waals surface area contributed by atoms with Crippen LogP contribution < -0.4 is 0 Å². The molecular formula is C15H16ClN. The molecule has 0 aliphatic heterocycles. The Labute approximate surface area is 107 Å². The third-order valence-corrected chi connectivity index (χ3v) is 3.24. The average molecular weight is 246 g/mol. The van der Waals surface area contributed by atoms with Gasteiger partial charge in [-0.05, 0) is 38.0 Å². The van der Waals surface area contributed by atoms with Crippen molar-refractivity contribution in [3.63, 3.8) is 0 Å². The minimum absolute atomic E-state index is 0.815. The summed E-state index contributed by atoms with van der Waals surface area (Å²) in [5, 5.41) is 0.815. The van der Waals surface area contributed by atoms with E-state index in [1.165, 1.54) is 11.1 Å². The van der Waals surface area contributed by atoms with Crippen molar-refractivity contribution in [1.82, 2.24) is 4.98 Å². The molecule has 1 nitrogen and oxygen atoms in total. The molecule has 0 radical (unpaired) electrons. The molecule has 2 rings (SSSR count). The van der Waals surface area contributed by atoms with Crippen LogP contribution >= 0.6 is 11.6 Å². The first-order valence-electron chi connectivity index (χ1n) is 5.74. The van der Waals surface area contributed by atoms with E-state index >= 15 is 0 Å². The highest BCUT2D eigenvalue weighted by Crippen LogP contribution is 2.22. The van der Waals surface area contributed by atoms with Crippen molar-refractivity contribution < 1.29 is 0 Å². The Morgan fingerprint density at radius 3 is 2.29 bits per heavy atom. The molecule has 0 unspecified atom stereocenters. The maximum absolute atomic E-state index is 6.28. The lowest BCUT2D eigenvalue weighted by atomic mass is 10.0. The van der Waals surface area contributed by atoms with Crippen molar-refractivity contribution in [3.8, 4) is 0 Å². The van der Waals surface area contributed by atoms with Crippen LogP contribution in [0, 0.1) is 20.8 Å². The van der Waals surface area contributed by atoms with Crippen LogP contribution in [0.2, 0.25) is 5.02 Å². The van der Waals surface area contributed by atoms with Crippen molar-refractivity contribution in [3.05, 3.63) is 63.4 Å². The van der Waals surface area contributed by atoms with E-state index in [-0.39, 0.29) is 0 Å². The Bertz CT molecular complexity index is 506. The van der Waals surface area contributed by atoms with Crippen LogP contribution in [0.25, 0.3) is 0 Å². The van der Waals surface area contributed by atoms with E-state index in [9.17, 15) is 0 Å². The fraction of sp³-hybridized carbons (Fsp3) is 0.267. The number of benzene rings is 1. The molecule has 0 fully saturated rings. The zero-order valence-corrected chi connectivity index (χ0v) is 11.2. The molecule has 0 amide bonds. The number of aryl methyl sites for hydroxylation is 3. The molecule has 0 N–H and O–H groups in total. The highest BCUT2D eigenvalue weighted by atomic mass is 35.5. The normalized spacial score (nSPS) is 10.6. The summed E-state index contributed by atoms with van der Waals surface area (Å²) in [5.74, 6) is 0. The molecule has 0 aliphatic carbocycles. The summed E-state index contributed by atoms with van der Waals surface area (Å²) in [6.07, 6.45) is 0.845. The average Bonchev–Trinajstić information content (AvgIpc) is 2.26. The fourth-order valence-corrected chi connectivity index (χ4v) is 2.29. The Hall–Kier alpha value is -1.34. The predicted molar refractivity (Wildman–Crippen MR) is 72.7 cm³/mol. The van der Waals surface area contributed by atoms with Gasteiger partial charge in [0.2, 0.25) is 0 Å². The minimum Gasteiger partial charge on any atom is -0.258 e. The van der Waals surface area contributed by atoms with Crippen LogP contribution in [0.3, 0.4) is 0 Å². The zero-order chi connectivity index (χ0) is 12.4. The van der Waals surface area contributed by atoms with Crippen LogP contribution in [0.5, 0.6) is 0 Å². The minimum atomic E-state index is 0.815. The molecule has 0 spiro atoms. The van der Waals surface area contributed by atoms with Crippen LogP contribution in [-0.4, -0.2) is 4.98 Å². The van der Waals surface area contributed by atoms with E-state index in [4.69, 9.17) is 11.6 Å². The van der Waals surface area contributed by atoms with Gasteiger partial charge in [0.25, 0.3) is 0 Å². The van der Waals surface area contributed by atoms with Gasteiger partial charge in [0.1, 0.15) is 0 Å². The Morgan fingerprint density at radius 2 is 1.71 bits per heavy atom. The molecule has 0 aliphatic rings. The SMILES string of the molecule is Cc1ccc(Cc2c(Cl)cc(C)nc2C)cc1. The highest BCUT2D eigenvalue weighted by molar-refractivity contribution is 6.31. The van der Waals surface area contributed by atoms with Crippen molar-refractivity contribution in [2.75, 3.05) is 0 Å². The van der Waals surface area contributed by atoms with Crippen LogP contribution in [0.15, 0.2) is 30.3 Å². The molecule has 1 heterocycles. The van der Waals surface area contributed by atoms with Crippen LogP contribution in [-0.2, 0) is 6.42 Å². The molecule has 88 valence electrons. The summed E-state index contributed by atoms with van der Waals surface area (Å²) in [7, 11) is 0. The predicted octanol–water partition coefficient (Wildman–Crippen LogP) is 4.25. The van der Waals surface area contributed by atoms with Crippen LogP contribution in [0.4, 0.5) is 0 Å². The zero-order valence-electron chi connectivity index (χ0n) is 10.4. The smallest absolute Gasteiger partial charge is 0.0477 e. The van der Waals surface area contributed by atoms with E-state index in [1.54, 1.807) is 0 Å². The van der Waals surface area contributed by atoms with Gasteiger partial charge < -0.3 is 0 Å². The van der Waals surface area contributed by atoms with Gasteiger partial charge in [-0.1, -0.05) is 41.4 Å². The van der Waals surface area contributed by atoms with Gasteiger partial charge in [0.05, 0.1) is 0 Å². The number of hydrogen-bond acceptors (Lipinski definition) is 1. The second kappa shape index (κ2) is 4.89. The molecule has 0 saturated carbocycles. The standard InChI is InChI=1S/C15H16ClN/c1-10-4-6-13(7-5-10)9-14-12(3)17-11(2)8-15(14)16/h4-8H,9H2,1-3H3. The number of hydrogen-bond donors (Lipinski definition) is 0. The molecule has 1 aromatic carbocycles. The Morgan fingerprint density at radius 1 is 1.06 bits per heavy atom. The number of rotatable bonds is 2. The third-order valence-electron chi connectivity index (χ3n) is 2.91. The van der Waals surface area contributed by atoms with Gasteiger partial charge in [-0.3, -0.25) is 4.98 Å². The molecule has 0 bridgehead atoms. The lowest BCUT2D eigenvalue weighted by Crippen LogP contribution is -1.98. The molecule has 0 atom stereocenters. The Kier molecular flexibility index (Phi) is 3.49. The Balaban J connectivity index is 2.33. The largest absolute Gasteiger partial charge is 0.258 e.